The van der Waals surface area contributed by atoms with Crippen LogP contribution >= 0.6 is 0 Å². The van der Waals surface area contributed by atoms with Crippen molar-refractivity contribution in [3.05, 3.63) is 60.7 Å². The number of carbonyl (C=O) groups excluding carboxylic acids is 1. The average Bonchev–Trinajstić information content (AvgIpc) is 3.30. The molecule has 0 radical (unpaired) electrons. The van der Waals surface area contributed by atoms with E-state index in [0.717, 1.165) is 13.1 Å². The monoisotopic (exact) mass is 510 g/mol. The van der Waals surface area contributed by atoms with Crippen molar-refractivity contribution in [2.24, 2.45) is 0 Å². The Labute approximate surface area is 217 Å². The van der Waals surface area contributed by atoms with Crippen LogP contribution in [0.3, 0.4) is 0 Å². The highest BCUT2D eigenvalue weighted by molar-refractivity contribution is 6.99. The van der Waals surface area contributed by atoms with Gasteiger partial charge in [-0.2, -0.15) is 0 Å². The molecule has 196 valence electrons. The summed E-state index contributed by atoms with van der Waals surface area (Å²) < 4.78 is 19.0. The van der Waals surface area contributed by atoms with E-state index in [0.29, 0.717) is 26.3 Å². The Kier molecular flexibility index (Phi) is 7.95. The van der Waals surface area contributed by atoms with Crippen molar-refractivity contribution in [1.82, 2.24) is 9.80 Å². The topological polar surface area (TPSA) is 51.2 Å². The summed E-state index contributed by atoms with van der Waals surface area (Å²) in [5.74, 6) is 0. The van der Waals surface area contributed by atoms with Crippen LogP contribution < -0.4 is 10.4 Å². The third-order valence-electron chi connectivity index (χ3n) is 7.18. The fourth-order valence-electron chi connectivity index (χ4n) is 5.46. The molecule has 36 heavy (non-hydrogen) atoms. The van der Waals surface area contributed by atoms with E-state index in [1.807, 2.05) is 25.7 Å². The van der Waals surface area contributed by atoms with E-state index in [-0.39, 0.29) is 23.3 Å². The Hall–Kier alpha value is -2.19. The van der Waals surface area contributed by atoms with Crippen molar-refractivity contribution in [1.29, 1.82) is 0 Å². The number of hydrogen-bond donors (Lipinski definition) is 0. The molecule has 2 aliphatic rings. The fraction of sp³-hybridized carbons (Fsp3) is 0.552. The summed E-state index contributed by atoms with van der Waals surface area (Å²) in [4.78, 5) is 16.8. The molecule has 0 aliphatic carbocycles. The van der Waals surface area contributed by atoms with E-state index in [9.17, 15) is 4.79 Å². The molecule has 7 heteroatoms. The van der Waals surface area contributed by atoms with Gasteiger partial charge in [0.15, 0.2) is 0 Å². The molecular formula is C29H42N2O4Si. The summed E-state index contributed by atoms with van der Waals surface area (Å²) in [5.41, 5.74) is -0.484. The second-order valence-electron chi connectivity index (χ2n) is 11.9. The average molecular weight is 511 g/mol. The lowest BCUT2D eigenvalue weighted by atomic mass is 10.1. The summed E-state index contributed by atoms with van der Waals surface area (Å²) in [7, 11) is -2.67. The van der Waals surface area contributed by atoms with Crippen LogP contribution in [0.25, 0.3) is 0 Å². The molecule has 6 nitrogen and oxygen atoms in total. The number of carbonyl (C=O) groups is 1. The third kappa shape index (κ3) is 5.69. The van der Waals surface area contributed by atoms with Crippen LogP contribution in [0.15, 0.2) is 60.7 Å². The third-order valence-corrected chi connectivity index (χ3v) is 12.2. The van der Waals surface area contributed by atoms with Crippen LogP contribution in [-0.2, 0) is 13.9 Å². The van der Waals surface area contributed by atoms with E-state index >= 15 is 0 Å². The van der Waals surface area contributed by atoms with Gasteiger partial charge in [0.05, 0.1) is 25.4 Å². The van der Waals surface area contributed by atoms with Crippen LogP contribution in [0.4, 0.5) is 4.79 Å². The van der Waals surface area contributed by atoms with Gasteiger partial charge in [-0.05, 0) is 36.2 Å². The second kappa shape index (κ2) is 10.7. The zero-order chi connectivity index (χ0) is 26.0. The van der Waals surface area contributed by atoms with Crippen molar-refractivity contribution in [2.45, 2.75) is 64.3 Å². The molecule has 2 saturated heterocycles. The van der Waals surface area contributed by atoms with Gasteiger partial charge in [-0.3, -0.25) is 4.90 Å². The van der Waals surface area contributed by atoms with Gasteiger partial charge in [-0.1, -0.05) is 81.4 Å². The summed E-state index contributed by atoms with van der Waals surface area (Å²) in [6, 6.07) is 21.7. The Bertz CT molecular complexity index is 956. The molecule has 2 fully saturated rings. The molecule has 2 aliphatic heterocycles. The number of benzene rings is 2. The molecule has 2 aromatic carbocycles. The minimum atomic E-state index is -2.67. The van der Waals surface area contributed by atoms with Gasteiger partial charge in [0, 0.05) is 26.2 Å². The molecule has 0 bridgehead atoms. The van der Waals surface area contributed by atoms with Gasteiger partial charge in [0.1, 0.15) is 5.60 Å². The van der Waals surface area contributed by atoms with E-state index in [2.05, 4.69) is 86.3 Å². The molecule has 0 N–H and O–H groups in total. The molecular weight excluding hydrogens is 468 g/mol. The van der Waals surface area contributed by atoms with Crippen molar-refractivity contribution in [3.63, 3.8) is 0 Å². The van der Waals surface area contributed by atoms with Crippen LogP contribution in [0, 0.1) is 0 Å². The first-order valence-electron chi connectivity index (χ1n) is 13.1. The summed E-state index contributed by atoms with van der Waals surface area (Å²) in [5, 5.41) is 2.48. The van der Waals surface area contributed by atoms with Crippen molar-refractivity contribution < 1.29 is 18.7 Å². The molecule has 0 spiro atoms. The predicted octanol–water partition coefficient (Wildman–Crippen LogP) is 3.88. The van der Waals surface area contributed by atoms with Crippen LogP contribution in [0.2, 0.25) is 5.04 Å². The van der Waals surface area contributed by atoms with E-state index in [4.69, 9.17) is 13.9 Å². The number of rotatable bonds is 5. The molecule has 2 heterocycles. The Morgan fingerprint density at radius 3 is 1.83 bits per heavy atom. The van der Waals surface area contributed by atoms with Crippen LogP contribution in [0.1, 0.15) is 41.5 Å². The molecule has 0 saturated carbocycles. The summed E-state index contributed by atoms with van der Waals surface area (Å²) >= 11 is 0. The molecule has 0 aromatic heterocycles. The lowest BCUT2D eigenvalue weighted by Gasteiger charge is -2.47. The predicted molar refractivity (Wildman–Crippen MR) is 146 cm³/mol. The van der Waals surface area contributed by atoms with Crippen molar-refractivity contribution >= 4 is 24.8 Å². The number of ether oxygens (including phenoxy) is 2. The highest BCUT2D eigenvalue weighted by Gasteiger charge is 2.53. The fourth-order valence-corrected chi connectivity index (χ4v) is 10.2. The van der Waals surface area contributed by atoms with Gasteiger partial charge in [0.25, 0.3) is 8.32 Å². The van der Waals surface area contributed by atoms with Gasteiger partial charge in [-0.15, -0.1) is 0 Å². The van der Waals surface area contributed by atoms with E-state index < -0.39 is 13.9 Å². The smallest absolute Gasteiger partial charge is 0.410 e. The lowest BCUT2D eigenvalue weighted by molar-refractivity contribution is 0.00421. The maximum absolute atomic E-state index is 12.6. The number of piperazine rings is 1. The highest BCUT2D eigenvalue weighted by Crippen LogP contribution is 2.38. The quantitative estimate of drug-likeness (QED) is 0.572. The maximum atomic E-state index is 12.6. The molecule has 0 unspecified atom stereocenters. The summed E-state index contributed by atoms with van der Waals surface area (Å²) in [6.45, 7) is 16.8. The Morgan fingerprint density at radius 1 is 0.833 bits per heavy atom. The van der Waals surface area contributed by atoms with Gasteiger partial charge in [-0.25, -0.2) is 4.79 Å². The van der Waals surface area contributed by atoms with E-state index in [1.165, 1.54) is 10.4 Å². The lowest BCUT2D eigenvalue weighted by Crippen LogP contribution is -2.69. The van der Waals surface area contributed by atoms with Crippen molar-refractivity contribution in [3.8, 4) is 0 Å². The first-order valence-corrected chi connectivity index (χ1v) is 15.0. The van der Waals surface area contributed by atoms with Crippen molar-refractivity contribution in [2.75, 3.05) is 39.4 Å². The maximum Gasteiger partial charge on any atom is 0.410 e. The minimum absolute atomic E-state index is 0.0376. The minimum Gasteiger partial charge on any atom is -0.444 e. The van der Waals surface area contributed by atoms with Crippen LogP contribution in [0.5, 0.6) is 0 Å². The van der Waals surface area contributed by atoms with E-state index in [1.54, 1.807) is 0 Å². The Morgan fingerprint density at radius 2 is 1.36 bits per heavy atom. The molecule has 2 aromatic rings. The van der Waals surface area contributed by atoms with Gasteiger partial charge >= 0.3 is 6.09 Å². The van der Waals surface area contributed by atoms with Gasteiger partial charge in [0.2, 0.25) is 0 Å². The van der Waals surface area contributed by atoms with Gasteiger partial charge < -0.3 is 18.8 Å². The largest absolute Gasteiger partial charge is 0.444 e. The zero-order valence-electron chi connectivity index (χ0n) is 22.7. The second-order valence-corrected chi connectivity index (χ2v) is 16.2. The molecule has 2 atom stereocenters. The highest BCUT2D eigenvalue weighted by atomic mass is 28.4. The number of amides is 1. The number of hydrogen-bond acceptors (Lipinski definition) is 5. The summed E-state index contributed by atoms with van der Waals surface area (Å²) in [6.07, 6.45) is -0.269. The first-order chi connectivity index (χ1) is 17.0. The van der Waals surface area contributed by atoms with Crippen LogP contribution in [-0.4, -0.2) is 81.4 Å². The molecule has 4 rings (SSSR count). The normalized spacial score (nSPS) is 22.0. The first kappa shape index (κ1) is 26.9. The zero-order valence-corrected chi connectivity index (χ0v) is 23.7. The number of nitrogens with zero attached hydrogens (tertiary/aromatic N) is 2. The standard InChI is InChI=1S/C29H42N2O4Si/c1-28(2,3)34-27(32)31-19-17-30(18-20-31)25-21-33-22-26(25)35-36(29(4,5)6,23-13-9-7-10-14-23)24-15-11-8-12-16-24/h7-16,25-26H,17-22H2,1-6H3/t25-,26+/m0/s1. The Balaban J connectivity index is 1.57. The SMILES string of the molecule is CC(C)(C)OC(=O)N1CCN([C@H]2COC[C@H]2O[Si](c2ccccc2)(c2ccccc2)C(C)(C)C)CC1. The molecule has 1 amide bonds.